The van der Waals surface area contributed by atoms with Crippen molar-refractivity contribution in [3.8, 4) is 0 Å². The quantitative estimate of drug-likeness (QED) is 0.611. The van der Waals surface area contributed by atoms with E-state index < -0.39 is 6.03 Å². The van der Waals surface area contributed by atoms with Crippen LogP contribution in [0.1, 0.15) is 13.8 Å². The molecule has 5 heteroatoms. The summed E-state index contributed by atoms with van der Waals surface area (Å²) in [6.07, 6.45) is 0. The van der Waals surface area contributed by atoms with Crippen molar-refractivity contribution in [2.45, 2.75) is 19.9 Å². The van der Waals surface area contributed by atoms with Crippen LogP contribution in [0, 0.1) is 4.91 Å². The number of benzene rings is 1. The Labute approximate surface area is 88.0 Å². The topological polar surface area (TPSA) is 61.8 Å². The van der Waals surface area contributed by atoms with Crippen molar-refractivity contribution in [2.24, 2.45) is 5.29 Å². The van der Waals surface area contributed by atoms with E-state index in [0.717, 1.165) is 5.01 Å². The highest BCUT2D eigenvalue weighted by molar-refractivity contribution is 5.89. The van der Waals surface area contributed by atoms with Crippen LogP contribution in [-0.4, -0.2) is 17.1 Å². The molecule has 1 N–H and O–H groups in total. The Morgan fingerprint density at radius 2 is 1.93 bits per heavy atom. The van der Waals surface area contributed by atoms with Crippen LogP contribution in [0.15, 0.2) is 35.6 Å². The number of nitrogens with one attached hydrogen (secondary N) is 1. The summed E-state index contributed by atoms with van der Waals surface area (Å²) in [5, 5.41) is 6.08. The van der Waals surface area contributed by atoms with Gasteiger partial charge in [0.1, 0.15) is 0 Å². The summed E-state index contributed by atoms with van der Waals surface area (Å²) in [5.74, 6) is 0. The summed E-state index contributed by atoms with van der Waals surface area (Å²) < 4.78 is 0. The molecule has 5 nitrogen and oxygen atoms in total. The number of carbonyl (C=O) groups excluding carboxylic acids is 1. The predicted octanol–water partition coefficient (Wildman–Crippen LogP) is 2.61. The summed E-state index contributed by atoms with van der Waals surface area (Å²) in [5.41, 5.74) is 0.636. The molecule has 0 aliphatic carbocycles. The molecule has 0 aliphatic heterocycles. The number of para-hydroxylation sites is 1. The molecular weight excluding hydrogens is 194 g/mol. The molecular formula is C10H13N3O2. The van der Waals surface area contributed by atoms with Crippen molar-refractivity contribution in [2.75, 3.05) is 5.32 Å². The highest BCUT2D eigenvalue weighted by atomic mass is 16.3. The van der Waals surface area contributed by atoms with Crippen molar-refractivity contribution in [1.82, 2.24) is 5.01 Å². The first kappa shape index (κ1) is 11.2. The number of urea groups is 1. The highest BCUT2D eigenvalue weighted by Gasteiger charge is 2.17. The molecule has 0 saturated heterocycles. The molecule has 0 aliphatic rings. The molecule has 0 bridgehead atoms. The van der Waals surface area contributed by atoms with Crippen LogP contribution < -0.4 is 5.32 Å². The van der Waals surface area contributed by atoms with E-state index in [9.17, 15) is 9.70 Å². The molecule has 0 aromatic heterocycles. The van der Waals surface area contributed by atoms with Crippen LogP contribution in [0.2, 0.25) is 0 Å². The molecule has 0 spiro atoms. The van der Waals surface area contributed by atoms with Crippen LogP contribution in [-0.2, 0) is 0 Å². The second-order valence-corrected chi connectivity index (χ2v) is 3.32. The molecule has 0 unspecified atom stereocenters. The smallest absolute Gasteiger partial charge is 0.306 e. The number of rotatable bonds is 3. The minimum Gasteiger partial charge on any atom is -0.306 e. The minimum absolute atomic E-state index is 0.258. The molecule has 0 radical (unpaired) electrons. The third-order valence-electron chi connectivity index (χ3n) is 1.81. The molecule has 0 heterocycles. The van der Waals surface area contributed by atoms with E-state index in [-0.39, 0.29) is 6.04 Å². The average molecular weight is 207 g/mol. The van der Waals surface area contributed by atoms with Crippen molar-refractivity contribution in [3.63, 3.8) is 0 Å². The zero-order valence-corrected chi connectivity index (χ0v) is 8.68. The highest BCUT2D eigenvalue weighted by Crippen LogP contribution is 2.08. The number of nitroso groups, excluding NO2 is 1. The van der Waals surface area contributed by atoms with Gasteiger partial charge in [0.05, 0.1) is 11.3 Å². The predicted molar refractivity (Wildman–Crippen MR) is 58.2 cm³/mol. The van der Waals surface area contributed by atoms with Gasteiger partial charge in [-0.15, -0.1) is 4.91 Å². The van der Waals surface area contributed by atoms with Crippen molar-refractivity contribution in [3.05, 3.63) is 35.2 Å². The fraction of sp³-hybridized carbons (Fsp3) is 0.300. The second-order valence-electron chi connectivity index (χ2n) is 3.32. The van der Waals surface area contributed by atoms with Gasteiger partial charge in [0.2, 0.25) is 0 Å². The van der Waals surface area contributed by atoms with Crippen molar-refractivity contribution in [1.29, 1.82) is 0 Å². The van der Waals surface area contributed by atoms with Crippen LogP contribution in [0.5, 0.6) is 0 Å². The Kier molecular flexibility index (Phi) is 3.79. The summed E-state index contributed by atoms with van der Waals surface area (Å²) in [4.78, 5) is 21.9. The standard InChI is InChI=1S/C10H13N3O2/c1-8(2)13(12-15)10(14)11-9-6-4-3-5-7-9/h3-8H,1-2H3,(H,11,14). The first-order valence-electron chi connectivity index (χ1n) is 4.63. The average Bonchev–Trinajstić information content (AvgIpc) is 2.19. The maximum atomic E-state index is 11.5. The van der Waals surface area contributed by atoms with Crippen LogP contribution in [0.3, 0.4) is 0 Å². The molecule has 15 heavy (non-hydrogen) atoms. The van der Waals surface area contributed by atoms with Gasteiger partial charge in [-0.1, -0.05) is 18.2 Å². The Morgan fingerprint density at radius 1 is 1.33 bits per heavy atom. The summed E-state index contributed by atoms with van der Waals surface area (Å²) in [6.45, 7) is 3.43. The third kappa shape index (κ3) is 3.05. The van der Waals surface area contributed by atoms with E-state index >= 15 is 0 Å². The van der Waals surface area contributed by atoms with E-state index in [1.807, 2.05) is 6.07 Å². The van der Waals surface area contributed by atoms with E-state index in [1.165, 1.54) is 0 Å². The van der Waals surface area contributed by atoms with Gasteiger partial charge in [-0.3, -0.25) is 0 Å². The zero-order valence-electron chi connectivity index (χ0n) is 8.68. The molecule has 2 amide bonds. The number of nitrogens with zero attached hydrogens (tertiary/aromatic N) is 2. The van der Waals surface area contributed by atoms with E-state index in [2.05, 4.69) is 10.6 Å². The maximum absolute atomic E-state index is 11.5. The SMILES string of the molecule is CC(C)N(N=O)C(=O)Nc1ccccc1. The Bertz CT molecular complexity index is 338. The second kappa shape index (κ2) is 5.09. The lowest BCUT2D eigenvalue weighted by molar-refractivity contribution is 0.199. The van der Waals surface area contributed by atoms with Gasteiger partial charge in [-0.25, -0.2) is 4.79 Å². The molecule has 1 aromatic rings. The van der Waals surface area contributed by atoms with Gasteiger partial charge in [0, 0.05) is 5.69 Å². The number of anilines is 1. The van der Waals surface area contributed by atoms with Gasteiger partial charge >= 0.3 is 6.03 Å². The first-order chi connectivity index (χ1) is 7.15. The Balaban J connectivity index is 2.66. The lowest BCUT2D eigenvalue weighted by Crippen LogP contribution is -2.35. The maximum Gasteiger partial charge on any atom is 0.345 e. The van der Waals surface area contributed by atoms with Gasteiger partial charge in [0.25, 0.3) is 0 Å². The number of carbonyl (C=O) groups is 1. The molecule has 0 saturated carbocycles. The summed E-state index contributed by atoms with van der Waals surface area (Å²) in [7, 11) is 0. The molecule has 1 rings (SSSR count). The van der Waals surface area contributed by atoms with E-state index in [0.29, 0.717) is 5.69 Å². The van der Waals surface area contributed by atoms with Gasteiger partial charge in [-0.2, -0.15) is 5.01 Å². The molecule has 80 valence electrons. The van der Waals surface area contributed by atoms with Crippen LogP contribution in [0.4, 0.5) is 10.5 Å². The van der Waals surface area contributed by atoms with E-state index in [4.69, 9.17) is 0 Å². The van der Waals surface area contributed by atoms with Gasteiger partial charge < -0.3 is 5.32 Å². The third-order valence-corrected chi connectivity index (χ3v) is 1.81. The minimum atomic E-state index is -0.522. The Morgan fingerprint density at radius 3 is 2.40 bits per heavy atom. The largest absolute Gasteiger partial charge is 0.345 e. The molecule has 1 aromatic carbocycles. The van der Waals surface area contributed by atoms with Gasteiger partial charge in [0.15, 0.2) is 0 Å². The first-order valence-corrected chi connectivity index (χ1v) is 4.63. The van der Waals surface area contributed by atoms with Crippen molar-refractivity contribution >= 4 is 11.7 Å². The van der Waals surface area contributed by atoms with Crippen LogP contribution >= 0.6 is 0 Å². The Hall–Kier alpha value is -1.91. The van der Waals surface area contributed by atoms with E-state index in [1.54, 1.807) is 38.1 Å². The normalized spacial score (nSPS) is 9.80. The lowest BCUT2D eigenvalue weighted by Gasteiger charge is -2.17. The summed E-state index contributed by atoms with van der Waals surface area (Å²) >= 11 is 0. The lowest BCUT2D eigenvalue weighted by atomic mass is 10.3. The molecule has 0 atom stereocenters. The number of amides is 2. The monoisotopic (exact) mass is 207 g/mol. The zero-order chi connectivity index (χ0) is 11.3. The summed E-state index contributed by atoms with van der Waals surface area (Å²) in [6, 6.07) is 8.13. The van der Waals surface area contributed by atoms with Crippen LogP contribution in [0.25, 0.3) is 0 Å². The number of hydrogen-bond acceptors (Lipinski definition) is 3. The fourth-order valence-corrected chi connectivity index (χ4v) is 1.07. The van der Waals surface area contributed by atoms with Gasteiger partial charge in [-0.05, 0) is 26.0 Å². The fourth-order valence-electron chi connectivity index (χ4n) is 1.07. The molecule has 0 fully saturated rings. The number of hydrogen-bond donors (Lipinski definition) is 1. The van der Waals surface area contributed by atoms with Crippen molar-refractivity contribution < 1.29 is 4.79 Å².